The van der Waals surface area contributed by atoms with Crippen LogP contribution in [0.15, 0.2) is 24.3 Å². The number of benzene rings is 1. The maximum absolute atomic E-state index is 13.6. The van der Waals surface area contributed by atoms with Crippen molar-refractivity contribution in [3.05, 3.63) is 30.1 Å². The second-order valence-corrected chi connectivity index (χ2v) is 6.69. The molecule has 0 bridgehead atoms. The molecule has 1 unspecified atom stereocenters. The van der Waals surface area contributed by atoms with Gasteiger partial charge < -0.3 is 20.5 Å². The van der Waals surface area contributed by atoms with Gasteiger partial charge in [0.25, 0.3) is 0 Å². The van der Waals surface area contributed by atoms with E-state index in [0.717, 1.165) is 0 Å². The fourth-order valence-corrected chi connectivity index (χ4v) is 1.93. The first-order valence-corrected chi connectivity index (χ1v) is 7.79. The van der Waals surface area contributed by atoms with Gasteiger partial charge in [0.2, 0.25) is 0 Å². The van der Waals surface area contributed by atoms with E-state index in [1.165, 1.54) is 6.07 Å². The summed E-state index contributed by atoms with van der Waals surface area (Å²) in [5.41, 5.74) is -0.261. The Balaban J connectivity index is 2.63. The van der Waals surface area contributed by atoms with Crippen molar-refractivity contribution in [2.45, 2.75) is 46.2 Å². The molecule has 0 aliphatic heterocycles. The van der Waals surface area contributed by atoms with Crippen molar-refractivity contribution in [1.29, 1.82) is 0 Å². The number of aliphatic hydroxyl groups is 1. The number of ether oxygens (including phenoxy) is 1. The molecule has 0 saturated carbocycles. The summed E-state index contributed by atoms with van der Waals surface area (Å²) in [7, 11) is 0. The molecule has 1 rings (SSSR count). The van der Waals surface area contributed by atoms with E-state index in [1.807, 2.05) is 27.7 Å². The van der Waals surface area contributed by atoms with E-state index in [0.29, 0.717) is 6.42 Å². The van der Waals surface area contributed by atoms with Gasteiger partial charge in [-0.2, -0.15) is 0 Å². The molecule has 2 atom stereocenters. The van der Waals surface area contributed by atoms with Crippen molar-refractivity contribution in [3.63, 3.8) is 0 Å². The minimum atomic E-state index is -0.429. The van der Waals surface area contributed by atoms with Crippen LogP contribution in [-0.4, -0.2) is 36.4 Å². The van der Waals surface area contributed by atoms with Gasteiger partial charge in [0, 0.05) is 12.6 Å². The van der Waals surface area contributed by atoms with Crippen LogP contribution in [0.5, 0.6) is 5.75 Å². The highest BCUT2D eigenvalue weighted by molar-refractivity contribution is 5.74. The predicted octanol–water partition coefficient (Wildman–Crippen LogP) is 2.69. The number of amides is 2. The van der Waals surface area contributed by atoms with Gasteiger partial charge in [0.05, 0.1) is 6.04 Å². The van der Waals surface area contributed by atoms with Gasteiger partial charge in [-0.05, 0) is 30.9 Å². The number of aliphatic hydroxyl groups excluding tert-OH is 1. The molecule has 6 heteroatoms. The molecule has 0 saturated heterocycles. The highest BCUT2D eigenvalue weighted by Crippen LogP contribution is 2.22. The van der Waals surface area contributed by atoms with Crippen molar-refractivity contribution >= 4 is 6.03 Å². The lowest BCUT2D eigenvalue weighted by molar-refractivity contribution is 0.165. The summed E-state index contributed by atoms with van der Waals surface area (Å²) in [5.74, 6) is -0.265. The number of carbonyl (C=O) groups excluding carboxylic acids is 1. The van der Waals surface area contributed by atoms with E-state index < -0.39 is 5.82 Å². The first kappa shape index (κ1) is 19.2. The van der Waals surface area contributed by atoms with Gasteiger partial charge in [-0.15, -0.1) is 0 Å². The van der Waals surface area contributed by atoms with Crippen LogP contribution in [0.25, 0.3) is 0 Å². The average molecular weight is 326 g/mol. The molecular formula is C17H27FN2O3. The van der Waals surface area contributed by atoms with Crippen LogP contribution in [0.2, 0.25) is 0 Å². The normalized spacial score (nSPS) is 14.0. The number of hydrogen-bond acceptors (Lipinski definition) is 3. The second kappa shape index (κ2) is 8.72. The lowest BCUT2D eigenvalue weighted by Crippen LogP contribution is -2.52. The van der Waals surface area contributed by atoms with Crippen LogP contribution >= 0.6 is 0 Å². The monoisotopic (exact) mass is 326 g/mol. The number of rotatable bonds is 7. The van der Waals surface area contributed by atoms with Crippen molar-refractivity contribution in [1.82, 2.24) is 10.6 Å². The molecule has 23 heavy (non-hydrogen) atoms. The summed E-state index contributed by atoms with van der Waals surface area (Å²) >= 11 is 0. The van der Waals surface area contributed by atoms with E-state index >= 15 is 0 Å². The van der Waals surface area contributed by atoms with E-state index in [1.54, 1.807) is 18.2 Å². The third-order valence-corrected chi connectivity index (χ3v) is 3.53. The van der Waals surface area contributed by atoms with Crippen molar-refractivity contribution in [2.75, 3.05) is 13.2 Å². The van der Waals surface area contributed by atoms with E-state index in [4.69, 9.17) is 9.84 Å². The quantitative estimate of drug-likeness (QED) is 0.721. The summed E-state index contributed by atoms with van der Waals surface area (Å²) in [6.45, 7) is 7.91. The number of halogens is 1. The lowest BCUT2D eigenvalue weighted by atomic mass is 9.87. The van der Waals surface area contributed by atoms with Gasteiger partial charge in [-0.25, -0.2) is 9.18 Å². The zero-order valence-corrected chi connectivity index (χ0v) is 14.2. The Morgan fingerprint density at radius 3 is 2.52 bits per heavy atom. The smallest absolute Gasteiger partial charge is 0.315 e. The summed E-state index contributed by atoms with van der Waals surface area (Å²) in [5, 5.41) is 14.5. The fraction of sp³-hybridized carbons (Fsp3) is 0.588. The third kappa shape index (κ3) is 6.86. The standard InChI is InChI=1S/C17H27FN2O3/c1-12(9-10-21)19-16(22)20-15(17(2,3)4)11-23-14-8-6-5-7-13(14)18/h5-8,12,15,21H,9-11H2,1-4H3,(H2,19,20,22)/t12-,15?/m1/s1. The number of para-hydroxylation sites is 1. The van der Waals surface area contributed by atoms with Gasteiger partial charge in [-0.3, -0.25) is 0 Å². The first-order chi connectivity index (χ1) is 10.7. The van der Waals surface area contributed by atoms with Crippen LogP contribution in [0, 0.1) is 11.2 Å². The average Bonchev–Trinajstić information content (AvgIpc) is 2.43. The Kier molecular flexibility index (Phi) is 7.29. The zero-order valence-electron chi connectivity index (χ0n) is 14.2. The maximum atomic E-state index is 13.6. The second-order valence-electron chi connectivity index (χ2n) is 6.69. The van der Waals surface area contributed by atoms with Crippen LogP contribution in [0.1, 0.15) is 34.1 Å². The fourth-order valence-electron chi connectivity index (χ4n) is 1.93. The van der Waals surface area contributed by atoms with E-state index in [-0.39, 0.29) is 42.5 Å². The highest BCUT2D eigenvalue weighted by atomic mass is 19.1. The van der Waals surface area contributed by atoms with Crippen molar-refractivity contribution in [2.24, 2.45) is 5.41 Å². The molecule has 3 N–H and O–H groups in total. The molecule has 2 amide bonds. The van der Waals surface area contributed by atoms with Crippen LogP contribution in [0.4, 0.5) is 9.18 Å². The molecule has 0 aliphatic rings. The topological polar surface area (TPSA) is 70.6 Å². The lowest BCUT2D eigenvalue weighted by Gasteiger charge is -2.31. The Labute approximate surface area is 137 Å². The SMILES string of the molecule is C[C@H](CCO)NC(=O)NC(COc1ccccc1F)C(C)(C)C. The summed E-state index contributed by atoms with van der Waals surface area (Å²) < 4.78 is 19.1. The van der Waals surface area contributed by atoms with Crippen molar-refractivity contribution < 1.29 is 19.0 Å². The number of hydrogen-bond donors (Lipinski definition) is 3. The molecule has 0 heterocycles. The minimum absolute atomic E-state index is 0.0144. The van der Waals surface area contributed by atoms with Crippen molar-refractivity contribution in [3.8, 4) is 5.75 Å². The molecule has 0 aliphatic carbocycles. The molecule has 0 fully saturated rings. The first-order valence-electron chi connectivity index (χ1n) is 7.79. The van der Waals surface area contributed by atoms with Crippen LogP contribution in [-0.2, 0) is 0 Å². The molecule has 130 valence electrons. The van der Waals surface area contributed by atoms with Gasteiger partial charge >= 0.3 is 6.03 Å². The molecule has 0 spiro atoms. The zero-order chi connectivity index (χ0) is 17.5. The molecule has 0 radical (unpaired) electrons. The summed E-state index contributed by atoms with van der Waals surface area (Å²) in [6.07, 6.45) is 0.485. The van der Waals surface area contributed by atoms with Gasteiger partial charge in [0.1, 0.15) is 6.61 Å². The highest BCUT2D eigenvalue weighted by Gasteiger charge is 2.27. The largest absolute Gasteiger partial charge is 0.488 e. The minimum Gasteiger partial charge on any atom is -0.488 e. The van der Waals surface area contributed by atoms with Gasteiger partial charge in [0.15, 0.2) is 11.6 Å². The number of carbonyl (C=O) groups is 1. The van der Waals surface area contributed by atoms with Crippen LogP contribution < -0.4 is 15.4 Å². The molecule has 0 aromatic heterocycles. The number of nitrogens with one attached hydrogen (secondary N) is 2. The summed E-state index contributed by atoms with van der Waals surface area (Å²) in [4.78, 5) is 12.0. The Hall–Kier alpha value is -1.82. The molecular weight excluding hydrogens is 299 g/mol. The van der Waals surface area contributed by atoms with E-state index in [9.17, 15) is 9.18 Å². The Morgan fingerprint density at radius 1 is 1.30 bits per heavy atom. The van der Waals surface area contributed by atoms with E-state index in [2.05, 4.69) is 10.6 Å². The predicted molar refractivity (Wildman–Crippen MR) is 88.0 cm³/mol. The maximum Gasteiger partial charge on any atom is 0.315 e. The molecule has 1 aromatic rings. The summed E-state index contributed by atoms with van der Waals surface area (Å²) in [6, 6.07) is 5.41. The number of urea groups is 1. The molecule has 5 nitrogen and oxygen atoms in total. The Morgan fingerprint density at radius 2 is 1.96 bits per heavy atom. The van der Waals surface area contributed by atoms with Gasteiger partial charge in [-0.1, -0.05) is 32.9 Å². The molecule has 1 aromatic carbocycles. The Bertz CT molecular complexity index is 503. The van der Waals surface area contributed by atoms with Crippen LogP contribution in [0.3, 0.4) is 0 Å². The third-order valence-electron chi connectivity index (χ3n) is 3.53.